The minimum Gasteiger partial charge on any atom is -0.437 e. The molecule has 1 saturated heterocycles. The van der Waals surface area contributed by atoms with Crippen molar-refractivity contribution in [2.45, 2.75) is 18.8 Å². The van der Waals surface area contributed by atoms with Crippen LogP contribution in [0.2, 0.25) is 0 Å². The van der Waals surface area contributed by atoms with Gasteiger partial charge in [0.2, 0.25) is 0 Å². The molecule has 2 aromatic rings. The molecule has 0 unspecified atom stereocenters. The van der Waals surface area contributed by atoms with E-state index in [0.717, 1.165) is 32.0 Å². The number of halogens is 2. The van der Waals surface area contributed by atoms with Crippen molar-refractivity contribution >= 4 is 11.1 Å². The zero-order chi connectivity index (χ0) is 11.8. The minimum absolute atomic E-state index is 0.0555. The fraction of sp³-hybridized carbons (Fsp3) is 0.417. The number of aromatic nitrogens is 1. The Kier molecular flexibility index (Phi) is 2.55. The number of rotatable bonds is 1. The van der Waals surface area contributed by atoms with E-state index in [1.165, 1.54) is 6.07 Å². The van der Waals surface area contributed by atoms with Crippen LogP contribution < -0.4 is 5.32 Å². The number of piperidine rings is 1. The van der Waals surface area contributed by atoms with Crippen LogP contribution in [0.4, 0.5) is 8.78 Å². The average molecular weight is 238 g/mol. The largest absolute Gasteiger partial charge is 0.437 e. The maximum absolute atomic E-state index is 13.4. The molecule has 1 N–H and O–H groups in total. The summed E-state index contributed by atoms with van der Waals surface area (Å²) in [6, 6.07) is 2.02. The monoisotopic (exact) mass is 238 g/mol. The average Bonchev–Trinajstić information content (AvgIpc) is 2.74. The Morgan fingerprint density at radius 2 is 2.00 bits per heavy atom. The maximum Gasteiger partial charge on any atom is 0.198 e. The highest BCUT2D eigenvalue weighted by Crippen LogP contribution is 2.29. The van der Waals surface area contributed by atoms with E-state index in [1.54, 1.807) is 0 Å². The van der Waals surface area contributed by atoms with Crippen molar-refractivity contribution in [2.75, 3.05) is 13.1 Å². The molecule has 5 heteroatoms. The van der Waals surface area contributed by atoms with Crippen LogP contribution in [0.3, 0.4) is 0 Å². The van der Waals surface area contributed by atoms with Gasteiger partial charge in [0.1, 0.15) is 11.3 Å². The van der Waals surface area contributed by atoms with Crippen molar-refractivity contribution in [1.29, 1.82) is 0 Å². The van der Waals surface area contributed by atoms with E-state index in [2.05, 4.69) is 10.3 Å². The molecule has 0 spiro atoms. The van der Waals surface area contributed by atoms with Crippen LogP contribution >= 0.6 is 0 Å². The molecule has 0 bridgehead atoms. The number of hydrogen-bond donors (Lipinski definition) is 1. The minimum atomic E-state index is -0.687. The first-order valence-corrected chi connectivity index (χ1v) is 5.70. The summed E-state index contributed by atoms with van der Waals surface area (Å²) in [6.07, 6.45) is 1.83. The normalized spacial score (nSPS) is 17.8. The Morgan fingerprint density at radius 3 is 2.76 bits per heavy atom. The summed E-state index contributed by atoms with van der Waals surface area (Å²) < 4.78 is 31.9. The molecular formula is C12H12F2N2O. The van der Waals surface area contributed by atoms with Crippen LogP contribution in [0.15, 0.2) is 16.5 Å². The van der Waals surface area contributed by atoms with Crippen molar-refractivity contribution in [2.24, 2.45) is 0 Å². The van der Waals surface area contributed by atoms with Gasteiger partial charge in [-0.1, -0.05) is 0 Å². The van der Waals surface area contributed by atoms with Gasteiger partial charge in [-0.2, -0.15) is 0 Å². The molecule has 0 saturated carbocycles. The lowest BCUT2D eigenvalue weighted by atomic mass is 9.98. The second-order valence-electron chi connectivity index (χ2n) is 4.31. The smallest absolute Gasteiger partial charge is 0.198 e. The predicted octanol–water partition coefficient (Wildman–Crippen LogP) is 2.57. The molecule has 1 aromatic carbocycles. The van der Waals surface area contributed by atoms with Gasteiger partial charge in [0.15, 0.2) is 17.3 Å². The van der Waals surface area contributed by atoms with Gasteiger partial charge in [-0.15, -0.1) is 0 Å². The molecule has 0 radical (unpaired) electrons. The molecule has 3 nitrogen and oxygen atoms in total. The molecule has 1 fully saturated rings. The highest BCUT2D eigenvalue weighted by molar-refractivity contribution is 5.73. The molecule has 0 amide bonds. The number of benzene rings is 1. The Morgan fingerprint density at radius 1 is 1.24 bits per heavy atom. The Bertz CT molecular complexity index is 547. The molecule has 90 valence electrons. The van der Waals surface area contributed by atoms with E-state index in [0.29, 0.717) is 5.89 Å². The summed E-state index contributed by atoms with van der Waals surface area (Å²) in [4.78, 5) is 4.18. The molecule has 2 heterocycles. The topological polar surface area (TPSA) is 38.1 Å². The third-order valence-electron chi connectivity index (χ3n) is 3.11. The first-order chi connectivity index (χ1) is 8.24. The third-order valence-corrected chi connectivity index (χ3v) is 3.11. The summed E-state index contributed by atoms with van der Waals surface area (Å²) in [5.74, 6) is -0.593. The summed E-state index contributed by atoms with van der Waals surface area (Å²) >= 11 is 0. The van der Waals surface area contributed by atoms with Gasteiger partial charge in [0, 0.05) is 18.1 Å². The molecular weight excluding hydrogens is 226 g/mol. The lowest BCUT2D eigenvalue weighted by Crippen LogP contribution is -2.26. The number of oxazole rings is 1. The number of fused-ring (bicyclic) bond motifs is 1. The van der Waals surface area contributed by atoms with Gasteiger partial charge in [-0.05, 0) is 25.9 Å². The van der Waals surface area contributed by atoms with Crippen molar-refractivity contribution in [3.8, 4) is 0 Å². The molecule has 0 aliphatic carbocycles. The van der Waals surface area contributed by atoms with E-state index in [1.807, 2.05) is 0 Å². The zero-order valence-corrected chi connectivity index (χ0v) is 9.17. The van der Waals surface area contributed by atoms with Crippen LogP contribution in [-0.4, -0.2) is 18.1 Å². The van der Waals surface area contributed by atoms with Crippen LogP contribution in [-0.2, 0) is 0 Å². The lowest BCUT2D eigenvalue weighted by Gasteiger charge is -2.19. The highest BCUT2D eigenvalue weighted by atomic mass is 19.1. The summed E-state index contributed by atoms with van der Waals surface area (Å²) in [7, 11) is 0. The first kappa shape index (κ1) is 10.7. The van der Waals surface area contributed by atoms with E-state index in [9.17, 15) is 8.78 Å². The lowest BCUT2D eigenvalue weighted by molar-refractivity contribution is 0.382. The second kappa shape index (κ2) is 4.07. The second-order valence-corrected chi connectivity index (χ2v) is 4.31. The number of hydrogen-bond acceptors (Lipinski definition) is 3. The van der Waals surface area contributed by atoms with E-state index in [4.69, 9.17) is 4.42 Å². The van der Waals surface area contributed by atoms with Gasteiger partial charge >= 0.3 is 0 Å². The molecule has 17 heavy (non-hydrogen) atoms. The first-order valence-electron chi connectivity index (χ1n) is 5.70. The van der Waals surface area contributed by atoms with Gasteiger partial charge in [0.05, 0.1) is 0 Å². The van der Waals surface area contributed by atoms with E-state index >= 15 is 0 Å². The SMILES string of the molecule is Fc1cc(F)c2oc(C3CCNCC3)nc2c1. The number of nitrogens with zero attached hydrogens (tertiary/aromatic N) is 1. The molecule has 1 aliphatic heterocycles. The Labute approximate surface area is 96.8 Å². The van der Waals surface area contributed by atoms with E-state index < -0.39 is 11.6 Å². The van der Waals surface area contributed by atoms with Crippen molar-refractivity contribution < 1.29 is 13.2 Å². The molecule has 3 rings (SSSR count). The number of nitrogens with one attached hydrogen (secondary N) is 1. The van der Waals surface area contributed by atoms with Gasteiger partial charge < -0.3 is 9.73 Å². The van der Waals surface area contributed by atoms with Crippen molar-refractivity contribution in [3.63, 3.8) is 0 Å². The maximum atomic E-state index is 13.4. The Hall–Kier alpha value is -1.49. The van der Waals surface area contributed by atoms with Crippen LogP contribution in [0.25, 0.3) is 11.1 Å². The summed E-state index contributed by atoms with van der Waals surface area (Å²) in [6.45, 7) is 1.81. The van der Waals surface area contributed by atoms with E-state index in [-0.39, 0.29) is 17.0 Å². The molecule has 1 aromatic heterocycles. The van der Waals surface area contributed by atoms with Crippen molar-refractivity contribution in [1.82, 2.24) is 10.3 Å². The fourth-order valence-electron chi connectivity index (χ4n) is 2.22. The van der Waals surface area contributed by atoms with Gasteiger partial charge in [-0.25, -0.2) is 13.8 Å². The van der Waals surface area contributed by atoms with Gasteiger partial charge in [-0.3, -0.25) is 0 Å². The molecule has 0 atom stereocenters. The van der Waals surface area contributed by atoms with Gasteiger partial charge in [0.25, 0.3) is 0 Å². The standard InChI is InChI=1S/C12H12F2N2O/c13-8-5-9(14)11-10(6-8)16-12(17-11)7-1-3-15-4-2-7/h5-7,15H,1-4H2. The fourth-order valence-corrected chi connectivity index (χ4v) is 2.22. The van der Waals surface area contributed by atoms with Crippen LogP contribution in [0, 0.1) is 11.6 Å². The highest BCUT2D eigenvalue weighted by Gasteiger charge is 2.22. The van der Waals surface area contributed by atoms with Crippen molar-refractivity contribution in [3.05, 3.63) is 29.7 Å². The van der Waals surface area contributed by atoms with Crippen LogP contribution in [0.5, 0.6) is 0 Å². The van der Waals surface area contributed by atoms with Crippen LogP contribution in [0.1, 0.15) is 24.7 Å². The summed E-state index contributed by atoms with van der Waals surface area (Å²) in [5, 5.41) is 3.24. The quantitative estimate of drug-likeness (QED) is 0.829. The summed E-state index contributed by atoms with van der Waals surface area (Å²) in [5.41, 5.74) is 0.316. The zero-order valence-electron chi connectivity index (χ0n) is 9.17. The predicted molar refractivity (Wildman–Crippen MR) is 58.8 cm³/mol. The molecule has 1 aliphatic rings. The third kappa shape index (κ3) is 1.91. The Balaban J connectivity index is 2.03.